The maximum atomic E-state index is 14.1. The summed E-state index contributed by atoms with van der Waals surface area (Å²) in [4.78, 5) is 67.6. The molecule has 0 saturated carbocycles. The maximum absolute atomic E-state index is 14.1. The van der Waals surface area contributed by atoms with Crippen LogP contribution in [0.2, 0.25) is 0 Å². The first-order valence-corrected chi connectivity index (χ1v) is 37.0. The van der Waals surface area contributed by atoms with Gasteiger partial charge in [-0.3, -0.25) is 24.1 Å². The second kappa shape index (κ2) is 34.0. The monoisotopic (exact) mass is 1390 g/mol. The van der Waals surface area contributed by atoms with Gasteiger partial charge in [0.2, 0.25) is 0 Å². The van der Waals surface area contributed by atoms with Crippen molar-refractivity contribution in [2.75, 3.05) is 61.1 Å². The second-order valence-corrected chi connectivity index (χ2v) is 28.6. The summed E-state index contributed by atoms with van der Waals surface area (Å²) in [5.74, 6) is -2.21. The molecule has 4 heterocycles. The molecule has 0 atom stereocenters. The standard InChI is InChI=1S/C91H101N8O5/c1-15-19-54-94(55-20-16-2)72-46-42-70(43-47-72)76(68-38-34-66(35-39-68)61-97-81-32-25-23-30-79(81)90(9,10)83(97)52-50-74-64(7)78(60-92)88(102)99(63(5)6)87(74)101)28-27-29-77(71-44-48-73(49-45-71)95(56-21-17-3)57-22-18-4)69-40-36-67(37-41-69)62-98-82-33-26-24-31-80(82)91(11,12)84(98)53-51-75-65(8)85(93-13)89(103)96(86(75)100)58-59-104-14/h23-53H,5,15-22,54-59,61-62H2,1-4,6-12,14H3/q+1. The third-order valence-corrected chi connectivity index (χ3v) is 20.8. The number of nitrogens with zero attached hydrogens (tertiary/aromatic N) is 8. The molecule has 5 aromatic carbocycles. The SMILES string of the molecule is [C-]#[N+]C1=C(C)C(=CC=C2N(Cc3ccc(/C(=C/C=C/C(=C4C=CC(=[N+](CCCC)CCCC)C=C4)c4ccc(CN5C(=CC=C6C(=O)N(C(=C)C)C(=O)C(C#N)=C6C)C(C)(C)c6ccccc65)cc4)c4ccc(N(CCCC)CCCC)cc4)cc3)c3ccccc3C2(C)C)C(=O)N(CCOC)C1=O. The molecule has 0 unspecified atom stereocenters. The van der Waals surface area contributed by atoms with Crippen LogP contribution in [0.1, 0.15) is 166 Å². The highest BCUT2D eigenvalue weighted by Gasteiger charge is 2.43. The summed E-state index contributed by atoms with van der Waals surface area (Å²) >= 11 is 0. The summed E-state index contributed by atoms with van der Waals surface area (Å²) in [7, 11) is 1.52. The quantitative estimate of drug-likeness (QED) is 0.0158. The first-order chi connectivity index (χ1) is 50.2. The first kappa shape index (κ1) is 75.9. The number of ether oxygens (including phenoxy) is 1. The van der Waals surface area contributed by atoms with Crippen LogP contribution in [0.15, 0.2) is 251 Å². The molecule has 534 valence electrons. The number of nitriles is 1. The van der Waals surface area contributed by atoms with Crippen LogP contribution in [0.3, 0.4) is 0 Å². The van der Waals surface area contributed by atoms with Crippen LogP contribution < -0.4 is 14.7 Å². The Labute approximate surface area is 617 Å². The summed E-state index contributed by atoms with van der Waals surface area (Å²) in [6.45, 7) is 39.8. The predicted molar refractivity (Wildman–Crippen MR) is 424 cm³/mol. The number of imide groups is 2. The molecular weight excluding hydrogens is 1290 g/mol. The highest BCUT2D eigenvalue weighted by Crippen LogP contribution is 2.50. The highest BCUT2D eigenvalue weighted by molar-refractivity contribution is 6.19. The van der Waals surface area contributed by atoms with Crippen LogP contribution >= 0.6 is 0 Å². The van der Waals surface area contributed by atoms with Crippen molar-refractivity contribution in [2.45, 2.75) is 151 Å². The van der Waals surface area contributed by atoms with Crippen molar-refractivity contribution >= 4 is 57.5 Å². The van der Waals surface area contributed by atoms with E-state index >= 15 is 0 Å². The minimum atomic E-state index is -0.658. The van der Waals surface area contributed by atoms with Crippen molar-refractivity contribution in [3.63, 3.8) is 0 Å². The molecule has 5 aromatic rings. The molecular formula is C91H101N8O5+. The van der Waals surface area contributed by atoms with Gasteiger partial charge in [-0.25, -0.2) is 14.3 Å². The Kier molecular flexibility index (Phi) is 24.8. The highest BCUT2D eigenvalue weighted by atomic mass is 16.5. The van der Waals surface area contributed by atoms with Crippen molar-refractivity contribution in [1.29, 1.82) is 5.26 Å². The van der Waals surface area contributed by atoms with E-state index in [2.05, 4.69) is 250 Å². The van der Waals surface area contributed by atoms with Crippen molar-refractivity contribution < 1.29 is 28.5 Å². The summed E-state index contributed by atoms with van der Waals surface area (Å²) in [5.41, 5.74) is 17.9. The number of carbonyl (C=O) groups excluding carboxylic acids is 4. The number of fused-ring (bicyclic) bond motifs is 2. The smallest absolute Gasteiger partial charge is 0.275 e. The molecule has 0 fully saturated rings. The van der Waals surface area contributed by atoms with Gasteiger partial charge in [0.15, 0.2) is 5.71 Å². The average molecular weight is 1390 g/mol. The molecule has 0 spiro atoms. The number of hydrogen-bond acceptors (Lipinski definition) is 9. The molecule has 0 saturated heterocycles. The van der Waals surface area contributed by atoms with E-state index in [1.807, 2.05) is 18.2 Å². The van der Waals surface area contributed by atoms with Crippen LogP contribution in [0.5, 0.6) is 0 Å². The van der Waals surface area contributed by atoms with Gasteiger partial charge in [0.1, 0.15) is 24.7 Å². The number of rotatable bonds is 28. The fourth-order valence-corrected chi connectivity index (χ4v) is 14.7. The summed E-state index contributed by atoms with van der Waals surface area (Å²) < 4.78 is 7.78. The van der Waals surface area contributed by atoms with Gasteiger partial charge < -0.3 is 19.4 Å². The lowest BCUT2D eigenvalue weighted by Crippen LogP contribution is -2.44. The molecule has 1 aliphatic carbocycles. The third kappa shape index (κ3) is 16.0. The second-order valence-electron chi connectivity index (χ2n) is 28.6. The Bertz CT molecular complexity index is 4600. The Balaban J connectivity index is 1.04. The van der Waals surface area contributed by atoms with Crippen LogP contribution in [0, 0.1) is 17.9 Å². The number of anilines is 3. The Hall–Kier alpha value is -10.7. The van der Waals surface area contributed by atoms with Gasteiger partial charge in [-0.05, 0) is 161 Å². The van der Waals surface area contributed by atoms with Gasteiger partial charge in [-0.1, -0.05) is 203 Å². The van der Waals surface area contributed by atoms with Crippen molar-refractivity contribution in [1.82, 2.24) is 9.80 Å². The minimum absolute atomic E-state index is 0.0440. The summed E-state index contributed by atoms with van der Waals surface area (Å²) in [6.07, 6.45) is 32.3. The van der Waals surface area contributed by atoms with E-state index in [4.69, 9.17) is 11.3 Å². The lowest BCUT2D eigenvalue weighted by molar-refractivity contribution is -0.527. The zero-order valence-electron chi connectivity index (χ0n) is 63.0. The van der Waals surface area contributed by atoms with Gasteiger partial charge in [0, 0.05) is 114 Å². The largest absolute Gasteiger partial charge is 0.383 e. The molecule has 104 heavy (non-hydrogen) atoms. The van der Waals surface area contributed by atoms with E-state index in [-0.39, 0.29) is 35.7 Å². The Morgan fingerprint density at radius 3 is 1.59 bits per heavy atom. The Morgan fingerprint density at radius 2 is 1.11 bits per heavy atom. The number of amides is 4. The zero-order valence-corrected chi connectivity index (χ0v) is 63.0. The number of benzene rings is 5. The van der Waals surface area contributed by atoms with E-state index in [1.54, 1.807) is 32.9 Å². The molecule has 0 aromatic heterocycles. The number of allylic oxidation sites excluding steroid dienone is 16. The van der Waals surface area contributed by atoms with Gasteiger partial charge in [-0.15, -0.1) is 0 Å². The molecule has 13 heteroatoms. The summed E-state index contributed by atoms with van der Waals surface area (Å²) in [6, 6.07) is 45.7. The average Bonchev–Trinajstić information content (AvgIpc) is 1.57. The minimum Gasteiger partial charge on any atom is -0.383 e. The van der Waals surface area contributed by atoms with Crippen LogP contribution in [-0.2, 0) is 47.8 Å². The van der Waals surface area contributed by atoms with E-state index in [0.29, 0.717) is 29.8 Å². The van der Waals surface area contributed by atoms with Gasteiger partial charge in [0.25, 0.3) is 29.3 Å². The molecule has 0 bridgehead atoms. The molecule has 13 nitrogen and oxygen atoms in total. The van der Waals surface area contributed by atoms with E-state index < -0.39 is 34.5 Å². The fourth-order valence-electron chi connectivity index (χ4n) is 14.7. The molecule has 5 aliphatic rings. The van der Waals surface area contributed by atoms with E-state index in [1.165, 1.54) is 18.5 Å². The number of unbranched alkanes of at least 4 members (excludes halogenated alkanes) is 4. The first-order valence-electron chi connectivity index (χ1n) is 37.0. The topological polar surface area (TPSA) is 125 Å². The zero-order chi connectivity index (χ0) is 74.4. The van der Waals surface area contributed by atoms with Crippen LogP contribution in [0.4, 0.5) is 17.1 Å². The lowest BCUT2D eigenvalue weighted by Gasteiger charge is -2.29. The number of carbonyl (C=O) groups is 4. The van der Waals surface area contributed by atoms with Crippen molar-refractivity contribution in [3.8, 4) is 6.07 Å². The van der Waals surface area contributed by atoms with Crippen LogP contribution in [0.25, 0.3) is 16.0 Å². The fraction of sp³-hybridized carbons (Fsp3) is 0.330. The number of para-hydroxylation sites is 2. The Morgan fingerprint density at radius 1 is 0.615 bits per heavy atom. The predicted octanol–water partition coefficient (Wildman–Crippen LogP) is 18.9. The van der Waals surface area contributed by atoms with Crippen molar-refractivity contribution in [3.05, 3.63) is 301 Å². The normalized spacial score (nSPS) is 18.0. The van der Waals surface area contributed by atoms with Gasteiger partial charge in [-0.2, -0.15) is 5.26 Å². The summed E-state index contributed by atoms with van der Waals surface area (Å²) in [5, 5.41) is 10.1. The molecule has 4 amide bonds. The van der Waals surface area contributed by atoms with E-state index in [9.17, 15) is 24.4 Å². The van der Waals surface area contributed by atoms with E-state index in [0.717, 1.165) is 166 Å². The number of hydrogen-bond donors (Lipinski definition) is 0. The lowest BCUT2D eigenvalue weighted by atomic mass is 9.83. The third-order valence-electron chi connectivity index (χ3n) is 20.8. The van der Waals surface area contributed by atoms with Gasteiger partial charge >= 0.3 is 0 Å². The molecule has 10 rings (SSSR count). The van der Waals surface area contributed by atoms with Crippen LogP contribution in [-0.4, -0.2) is 90.2 Å². The molecule has 0 N–H and O–H groups in total. The maximum Gasteiger partial charge on any atom is 0.275 e. The number of methoxy groups -OCH3 is 1. The van der Waals surface area contributed by atoms with Crippen molar-refractivity contribution in [2.24, 2.45) is 0 Å². The van der Waals surface area contributed by atoms with Gasteiger partial charge in [0.05, 0.1) is 19.7 Å². The molecule has 4 aliphatic heterocycles. The molecule has 0 radical (unpaired) electrons.